The van der Waals surface area contributed by atoms with E-state index in [2.05, 4.69) is 0 Å². The smallest absolute Gasteiger partial charge is 0.146 e. The van der Waals surface area contributed by atoms with Gasteiger partial charge < -0.3 is 4.57 Å². The lowest BCUT2D eigenvalue weighted by atomic mass is 10.1. The largest absolute Gasteiger partial charge is 0.313 e. The van der Waals surface area contributed by atoms with Crippen LogP contribution in [0, 0.1) is 5.92 Å². The highest BCUT2D eigenvalue weighted by Crippen LogP contribution is 2.51. The topological polar surface area (TPSA) is 34.1 Å². The molecule has 0 aliphatic rings. The fourth-order valence-electron chi connectivity index (χ4n) is 2.57. The molecule has 0 aliphatic heterocycles. The summed E-state index contributed by atoms with van der Waals surface area (Å²) >= 11 is 0. The van der Waals surface area contributed by atoms with Crippen LogP contribution in [0.25, 0.3) is 0 Å². The molecule has 0 spiro atoms. The lowest BCUT2D eigenvalue weighted by molar-refractivity contribution is -0.120. The molecule has 2 rings (SSSR count). The van der Waals surface area contributed by atoms with Gasteiger partial charge in [-0.15, -0.1) is 0 Å². The van der Waals surface area contributed by atoms with Gasteiger partial charge in [-0.3, -0.25) is 4.79 Å². The van der Waals surface area contributed by atoms with Gasteiger partial charge in [0.15, 0.2) is 0 Å². The summed E-state index contributed by atoms with van der Waals surface area (Å²) in [5.41, 5.74) is -0.222. The molecule has 2 aromatic carbocycles. The van der Waals surface area contributed by atoms with E-state index in [-0.39, 0.29) is 17.4 Å². The molecule has 0 radical (unpaired) electrons. The van der Waals surface area contributed by atoms with Gasteiger partial charge in [-0.25, -0.2) is 0 Å². The van der Waals surface area contributed by atoms with E-state index in [0.29, 0.717) is 0 Å². The first kappa shape index (κ1) is 15.7. The molecule has 2 unspecified atom stereocenters. The fourth-order valence-corrected chi connectivity index (χ4v) is 5.88. The Balaban J connectivity index is 2.61. The lowest BCUT2D eigenvalue weighted by Crippen LogP contribution is -2.31. The van der Waals surface area contributed by atoms with Crippen LogP contribution in [0.15, 0.2) is 60.7 Å². The van der Waals surface area contributed by atoms with E-state index >= 15 is 0 Å². The molecule has 0 bridgehead atoms. The van der Waals surface area contributed by atoms with Gasteiger partial charge in [0, 0.05) is 22.2 Å². The normalized spacial score (nSPS) is 14.4. The summed E-state index contributed by atoms with van der Waals surface area (Å²) in [7, 11) is -2.85. The van der Waals surface area contributed by atoms with Gasteiger partial charge in [-0.05, 0) is 6.92 Å². The zero-order valence-corrected chi connectivity index (χ0v) is 13.6. The molecular formula is C18H21O2P. The molecule has 0 aliphatic carbocycles. The van der Waals surface area contributed by atoms with Gasteiger partial charge in [-0.2, -0.15) is 0 Å². The lowest BCUT2D eigenvalue weighted by Gasteiger charge is -2.29. The van der Waals surface area contributed by atoms with Crippen LogP contribution in [0.3, 0.4) is 0 Å². The summed E-state index contributed by atoms with van der Waals surface area (Å²) in [6.45, 7) is 5.36. The predicted molar refractivity (Wildman–Crippen MR) is 89.1 cm³/mol. The number of carbonyl (C=O) groups is 1. The summed E-state index contributed by atoms with van der Waals surface area (Å²) in [6, 6.07) is 19.0. The highest BCUT2D eigenvalue weighted by atomic mass is 31.2. The standard InChI is InChI=1S/C18H21O2P/c1-14(15(2)19)16(3)21(20,17-10-6-4-7-11-17)18-12-8-5-9-13-18/h4-14,16H,1-3H3. The summed E-state index contributed by atoms with van der Waals surface area (Å²) < 4.78 is 13.9. The third-order valence-electron chi connectivity index (χ3n) is 4.22. The fraction of sp³-hybridized carbons (Fsp3) is 0.278. The number of ketones is 1. The van der Waals surface area contributed by atoms with E-state index in [9.17, 15) is 9.36 Å². The van der Waals surface area contributed by atoms with Gasteiger partial charge >= 0.3 is 0 Å². The Kier molecular flexibility index (Phi) is 4.80. The van der Waals surface area contributed by atoms with Crippen molar-refractivity contribution in [3.8, 4) is 0 Å². The molecule has 0 saturated heterocycles. The van der Waals surface area contributed by atoms with Crippen molar-refractivity contribution < 1.29 is 9.36 Å². The van der Waals surface area contributed by atoms with Gasteiger partial charge in [-0.1, -0.05) is 74.5 Å². The maximum Gasteiger partial charge on any atom is 0.146 e. The quantitative estimate of drug-likeness (QED) is 0.790. The Morgan fingerprint density at radius 2 is 1.24 bits per heavy atom. The molecule has 2 nitrogen and oxygen atoms in total. The number of rotatable bonds is 5. The number of benzene rings is 2. The number of hydrogen-bond donors (Lipinski definition) is 0. The summed E-state index contributed by atoms with van der Waals surface area (Å²) in [5, 5.41) is 1.63. The maximum absolute atomic E-state index is 13.9. The van der Waals surface area contributed by atoms with Crippen molar-refractivity contribution in [2.45, 2.75) is 26.4 Å². The summed E-state index contributed by atoms with van der Waals surface area (Å²) in [5.74, 6) is -0.161. The van der Waals surface area contributed by atoms with Crippen LogP contribution in [-0.4, -0.2) is 11.4 Å². The third kappa shape index (κ3) is 3.01. The minimum atomic E-state index is -2.85. The molecule has 2 atom stereocenters. The third-order valence-corrected chi connectivity index (χ3v) is 7.94. The van der Waals surface area contributed by atoms with Crippen LogP contribution in [0.4, 0.5) is 0 Å². The van der Waals surface area contributed by atoms with Crippen LogP contribution < -0.4 is 10.6 Å². The van der Waals surface area contributed by atoms with Gasteiger partial charge in [0.25, 0.3) is 0 Å². The van der Waals surface area contributed by atoms with Crippen molar-refractivity contribution in [3.63, 3.8) is 0 Å². The molecule has 3 heteroatoms. The molecule has 0 amide bonds. The molecule has 21 heavy (non-hydrogen) atoms. The Morgan fingerprint density at radius 3 is 1.57 bits per heavy atom. The van der Waals surface area contributed by atoms with Crippen LogP contribution in [0.1, 0.15) is 20.8 Å². The molecule has 0 heterocycles. The van der Waals surface area contributed by atoms with Crippen molar-refractivity contribution >= 4 is 23.5 Å². The van der Waals surface area contributed by atoms with Gasteiger partial charge in [0.2, 0.25) is 0 Å². The van der Waals surface area contributed by atoms with Crippen molar-refractivity contribution in [3.05, 3.63) is 60.7 Å². The predicted octanol–water partition coefficient (Wildman–Crippen LogP) is 3.61. The first-order valence-electron chi connectivity index (χ1n) is 7.19. The van der Waals surface area contributed by atoms with E-state index in [1.54, 1.807) is 6.92 Å². The van der Waals surface area contributed by atoms with Crippen LogP contribution in [0.5, 0.6) is 0 Å². The zero-order chi connectivity index (χ0) is 15.5. The number of carbonyl (C=O) groups excluding carboxylic acids is 1. The molecular weight excluding hydrogens is 279 g/mol. The second kappa shape index (κ2) is 6.41. The first-order chi connectivity index (χ1) is 9.98. The van der Waals surface area contributed by atoms with Crippen LogP contribution >= 0.6 is 7.14 Å². The number of hydrogen-bond acceptors (Lipinski definition) is 2. The molecule has 0 saturated carbocycles. The SMILES string of the molecule is CC(=O)C(C)C(C)P(=O)(c1ccccc1)c1ccccc1. The minimum Gasteiger partial charge on any atom is -0.313 e. The summed E-state index contributed by atoms with van der Waals surface area (Å²) in [6.07, 6.45) is 0. The molecule has 0 N–H and O–H groups in total. The summed E-state index contributed by atoms with van der Waals surface area (Å²) in [4.78, 5) is 11.8. The van der Waals surface area contributed by atoms with Crippen molar-refractivity contribution in [2.75, 3.05) is 0 Å². The number of Topliss-reactive ketones (excluding diaryl/α,β-unsaturated/α-hetero) is 1. The first-order valence-corrected chi connectivity index (χ1v) is 8.97. The van der Waals surface area contributed by atoms with E-state index in [4.69, 9.17) is 0 Å². The molecule has 0 aromatic heterocycles. The second-order valence-corrected chi connectivity index (χ2v) is 8.63. The van der Waals surface area contributed by atoms with Crippen molar-refractivity contribution in [2.24, 2.45) is 5.92 Å². The van der Waals surface area contributed by atoms with E-state index in [1.807, 2.05) is 74.5 Å². The second-order valence-electron chi connectivity index (χ2n) is 5.47. The Bertz CT molecular complexity index is 606. The van der Waals surface area contributed by atoms with Crippen molar-refractivity contribution in [1.82, 2.24) is 0 Å². The van der Waals surface area contributed by atoms with Crippen LogP contribution in [0.2, 0.25) is 0 Å². The average Bonchev–Trinajstić information content (AvgIpc) is 2.54. The monoisotopic (exact) mass is 300 g/mol. The Morgan fingerprint density at radius 1 is 0.857 bits per heavy atom. The zero-order valence-electron chi connectivity index (χ0n) is 12.7. The van der Waals surface area contributed by atoms with E-state index in [1.165, 1.54) is 0 Å². The van der Waals surface area contributed by atoms with E-state index < -0.39 is 7.14 Å². The highest BCUT2D eigenvalue weighted by Gasteiger charge is 2.38. The van der Waals surface area contributed by atoms with Gasteiger partial charge in [0.1, 0.15) is 12.9 Å². The van der Waals surface area contributed by atoms with Gasteiger partial charge in [0.05, 0.1) is 0 Å². The minimum absolute atomic E-state index is 0.0783. The molecule has 110 valence electrons. The van der Waals surface area contributed by atoms with Crippen molar-refractivity contribution in [1.29, 1.82) is 0 Å². The molecule has 0 fully saturated rings. The highest BCUT2D eigenvalue weighted by molar-refractivity contribution is 7.79. The maximum atomic E-state index is 13.9. The average molecular weight is 300 g/mol. The van der Waals surface area contributed by atoms with Crippen LogP contribution in [-0.2, 0) is 9.36 Å². The van der Waals surface area contributed by atoms with E-state index in [0.717, 1.165) is 10.6 Å². The Labute approximate surface area is 126 Å². The molecule has 2 aromatic rings. The Hall–Kier alpha value is -1.66.